The minimum Gasteiger partial charge on any atom is -0.366 e. The molecule has 0 radical (unpaired) electrons. The van der Waals surface area contributed by atoms with E-state index in [1.165, 1.54) is 0 Å². The first kappa shape index (κ1) is 16.3. The normalized spacial score (nSPS) is 11.2. The van der Waals surface area contributed by atoms with Gasteiger partial charge in [0.25, 0.3) is 5.78 Å². The van der Waals surface area contributed by atoms with Crippen LogP contribution in [0.5, 0.6) is 0 Å². The largest absolute Gasteiger partial charge is 0.366 e. The van der Waals surface area contributed by atoms with Crippen LogP contribution in [0.1, 0.15) is 27.5 Å². The summed E-state index contributed by atoms with van der Waals surface area (Å²) in [4.78, 5) is 28.1. The molecule has 0 aliphatic heterocycles. The summed E-state index contributed by atoms with van der Waals surface area (Å²) in [6, 6.07) is 0. The Hall–Kier alpha value is -2.55. The summed E-state index contributed by atoms with van der Waals surface area (Å²) in [6.07, 6.45) is 0.259. The lowest BCUT2D eigenvalue weighted by molar-refractivity contribution is -0.129. The molecule has 0 fully saturated rings. The van der Waals surface area contributed by atoms with E-state index in [-0.39, 0.29) is 18.3 Å². The van der Waals surface area contributed by atoms with Crippen molar-refractivity contribution in [2.24, 2.45) is 0 Å². The lowest BCUT2D eigenvalue weighted by Crippen LogP contribution is -2.28. The Morgan fingerprint density at radius 2 is 2.04 bits per heavy atom. The summed E-state index contributed by atoms with van der Waals surface area (Å²) in [5.74, 6) is 0.641. The van der Waals surface area contributed by atoms with Gasteiger partial charge in [-0.3, -0.25) is 4.79 Å². The Balaban J connectivity index is 1.83. The van der Waals surface area contributed by atoms with Gasteiger partial charge in [0.1, 0.15) is 0 Å². The third-order valence-corrected chi connectivity index (χ3v) is 4.96. The average molecular weight is 345 g/mol. The fourth-order valence-electron chi connectivity index (χ4n) is 2.55. The number of hydrogen-bond acceptors (Lipinski definition) is 7. The number of nitrogen functional groups attached to an aromatic ring is 1. The SMILES string of the molecule is Cc1ncsc1CN(C)C(=O)Cc1c(C)nc2nc(N)nn2c1C. The van der Waals surface area contributed by atoms with Crippen LogP contribution in [0.2, 0.25) is 0 Å². The molecule has 0 saturated carbocycles. The molecule has 0 saturated heterocycles. The third kappa shape index (κ3) is 2.94. The highest BCUT2D eigenvalue weighted by Gasteiger charge is 2.18. The Labute approximate surface area is 143 Å². The van der Waals surface area contributed by atoms with Gasteiger partial charge in [-0.25, -0.2) is 9.97 Å². The van der Waals surface area contributed by atoms with Gasteiger partial charge < -0.3 is 10.6 Å². The number of hydrogen-bond donors (Lipinski definition) is 1. The smallest absolute Gasteiger partial charge is 0.254 e. The molecule has 0 atom stereocenters. The molecule has 0 aliphatic carbocycles. The van der Waals surface area contributed by atoms with E-state index in [4.69, 9.17) is 5.73 Å². The first-order chi connectivity index (χ1) is 11.4. The van der Waals surface area contributed by atoms with E-state index in [0.717, 1.165) is 27.5 Å². The molecule has 24 heavy (non-hydrogen) atoms. The van der Waals surface area contributed by atoms with E-state index in [1.807, 2.05) is 20.8 Å². The van der Waals surface area contributed by atoms with Crippen molar-refractivity contribution in [2.45, 2.75) is 33.7 Å². The molecule has 2 N–H and O–H groups in total. The number of thiazole rings is 1. The molecule has 0 bridgehead atoms. The molecule has 3 heterocycles. The summed E-state index contributed by atoms with van der Waals surface area (Å²) in [5, 5.41) is 4.13. The lowest BCUT2D eigenvalue weighted by Gasteiger charge is -2.18. The van der Waals surface area contributed by atoms with Gasteiger partial charge in [0, 0.05) is 28.9 Å². The van der Waals surface area contributed by atoms with Crippen LogP contribution >= 0.6 is 11.3 Å². The predicted octanol–water partition coefficient (Wildman–Crippen LogP) is 1.29. The van der Waals surface area contributed by atoms with Crippen molar-refractivity contribution in [2.75, 3.05) is 12.8 Å². The van der Waals surface area contributed by atoms with Gasteiger partial charge in [-0.2, -0.15) is 9.50 Å². The second-order valence-electron chi connectivity index (χ2n) is 5.73. The van der Waals surface area contributed by atoms with Crippen LogP contribution in [-0.4, -0.2) is 42.4 Å². The number of aromatic nitrogens is 5. The molecule has 126 valence electrons. The molecule has 0 spiro atoms. The number of rotatable bonds is 4. The summed E-state index contributed by atoms with van der Waals surface area (Å²) in [5.41, 5.74) is 10.8. The van der Waals surface area contributed by atoms with Crippen LogP contribution in [0.15, 0.2) is 5.51 Å². The molecule has 9 heteroatoms. The van der Waals surface area contributed by atoms with E-state index in [1.54, 1.807) is 33.3 Å². The predicted molar refractivity (Wildman–Crippen MR) is 91.7 cm³/mol. The highest BCUT2D eigenvalue weighted by Crippen LogP contribution is 2.18. The van der Waals surface area contributed by atoms with Gasteiger partial charge >= 0.3 is 0 Å². The van der Waals surface area contributed by atoms with Crippen molar-refractivity contribution >= 4 is 29.0 Å². The van der Waals surface area contributed by atoms with Crippen LogP contribution < -0.4 is 5.73 Å². The van der Waals surface area contributed by atoms with Crippen LogP contribution in [0.25, 0.3) is 5.78 Å². The van der Waals surface area contributed by atoms with Crippen LogP contribution in [0, 0.1) is 20.8 Å². The van der Waals surface area contributed by atoms with Gasteiger partial charge in [0.2, 0.25) is 11.9 Å². The summed E-state index contributed by atoms with van der Waals surface area (Å²) in [6.45, 7) is 6.27. The number of carbonyl (C=O) groups excluding carboxylic acids is 1. The van der Waals surface area contributed by atoms with Gasteiger partial charge in [-0.15, -0.1) is 16.4 Å². The topological polar surface area (TPSA) is 102 Å². The molecule has 0 aliphatic rings. The Morgan fingerprint density at radius 3 is 2.71 bits per heavy atom. The third-order valence-electron chi connectivity index (χ3n) is 4.04. The number of carbonyl (C=O) groups is 1. The zero-order valence-corrected chi connectivity index (χ0v) is 14.9. The number of anilines is 1. The van der Waals surface area contributed by atoms with E-state index in [2.05, 4.69) is 20.1 Å². The number of amides is 1. The van der Waals surface area contributed by atoms with E-state index >= 15 is 0 Å². The molecular weight excluding hydrogens is 326 g/mol. The van der Waals surface area contributed by atoms with Crippen molar-refractivity contribution in [3.05, 3.63) is 33.0 Å². The first-order valence-corrected chi connectivity index (χ1v) is 8.36. The molecule has 3 aromatic rings. The Kier molecular flexibility index (Phi) is 4.18. The fourth-order valence-corrected chi connectivity index (χ4v) is 3.38. The number of nitrogens with two attached hydrogens (primary N) is 1. The molecule has 3 aromatic heterocycles. The quantitative estimate of drug-likeness (QED) is 0.764. The maximum Gasteiger partial charge on any atom is 0.254 e. The molecule has 1 amide bonds. The lowest BCUT2D eigenvalue weighted by atomic mass is 10.1. The Bertz CT molecular complexity index is 914. The van der Waals surface area contributed by atoms with Crippen LogP contribution in [0.4, 0.5) is 5.95 Å². The van der Waals surface area contributed by atoms with Gasteiger partial charge in [-0.1, -0.05) is 0 Å². The van der Waals surface area contributed by atoms with Crippen molar-refractivity contribution in [1.29, 1.82) is 0 Å². The minimum atomic E-state index is 0.0169. The minimum absolute atomic E-state index is 0.0169. The van der Waals surface area contributed by atoms with Gasteiger partial charge in [0.05, 0.1) is 24.2 Å². The highest BCUT2D eigenvalue weighted by atomic mass is 32.1. The first-order valence-electron chi connectivity index (χ1n) is 7.48. The average Bonchev–Trinajstić information content (AvgIpc) is 3.09. The maximum absolute atomic E-state index is 12.6. The van der Waals surface area contributed by atoms with Crippen molar-refractivity contribution in [1.82, 2.24) is 29.5 Å². The maximum atomic E-state index is 12.6. The standard InChI is InChI=1S/C15H19N7OS/c1-8-11(10(3)22-15(18-8)19-14(16)20-22)5-13(23)21(4)6-12-9(2)17-7-24-12/h7H,5-6H2,1-4H3,(H2,16,20). The van der Waals surface area contributed by atoms with Crippen LogP contribution in [-0.2, 0) is 17.8 Å². The molecular formula is C15H19N7OS. The molecule has 0 aromatic carbocycles. The second kappa shape index (κ2) is 6.16. The summed E-state index contributed by atoms with van der Waals surface area (Å²) < 4.78 is 1.58. The van der Waals surface area contributed by atoms with Crippen molar-refractivity contribution in [3.63, 3.8) is 0 Å². The molecule has 3 rings (SSSR count). The zero-order valence-electron chi connectivity index (χ0n) is 14.1. The number of nitrogens with zero attached hydrogens (tertiary/aromatic N) is 6. The van der Waals surface area contributed by atoms with E-state index in [0.29, 0.717) is 12.3 Å². The van der Waals surface area contributed by atoms with Gasteiger partial charge in [-0.05, 0) is 20.8 Å². The highest BCUT2D eigenvalue weighted by molar-refractivity contribution is 7.09. The monoisotopic (exact) mass is 345 g/mol. The van der Waals surface area contributed by atoms with Gasteiger partial charge in [0.15, 0.2) is 0 Å². The van der Waals surface area contributed by atoms with Crippen molar-refractivity contribution in [3.8, 4) is 0 Å². The number of likely N-dealkylation sites (N-methyl/N-ethyl adjacent to an activating group) is 1. The zero-order chi connectivity index (χ0) is 17.4. The summed E-state index contributed by atoms with van der Waals surface area (Å²) in [7, 11) is 1.80. The van der Waals surface area contributed by atoms with Crippen molar-refractivity contribution < 1.29 is 4.79 Å². The second-order valence-corrected chi connectivity index (χ2v) is 6.67. The molecule has 8 nitrogen and oxygen atoms in total. The number of aryl methyl sites for hydroxylation is 3. The van der Waals surface area contributed by atoms with Crippen LogP contribution in [0.3, 0.4) is 0 Å². The Morgan fingerprint density at radius 1 is 1.29 bits per heavy atom. The molecule has 0 unspecified atom stereocenters. The fraction of sp³-hybridized carbons (Fsp3) is 0.400. The van der Waals surface area contributed by atoms with E-state index in [9.17, 15) is 4.79 Å². The number of fused-ring (bicyclic) bond motifs is 1. The van der Waals surface area contributed by atoms with E-state index < -0.39 is 0 Å². The summed E-state index contributed by atoms with van der Waals surface area (Å²) >= 11 is 1.56.